The predicted molar refractivity (Wildman–Crippen MR) is 64.8 cm³/mol. The largest absolute Gasteiger partial charge is 0.286 e. The molecule has 17 heavy (non-hydrogen) atoms. The van der Waals surface area contributed by atoms with Gasteiger partial charge in [-0.1, -0.05) is 30.3 Å². The van der Waals surface area contributed by atoms with Crippen LogP contribution in [0.5, 0.6) is 0 Å². The molecule has 3 rings (SSSR count). The lowest BCUT2D eigenvalue weighted by Gasteiger charge is -2.03. The first-order chi connectivity index (χ1) is 8.27. The number of hydrogen-bond acceptors (Lipinski definition) is 1. The van der Waals surface area contributed by atoms with E-state index in [1.807, 2.05) is 30.3 Å². The first kappa shape index (κ1) is 10.0. The summed E-state index contributed by atoms with van der Waals surface area (Å²) in [6, 6.07) is 14.6. The quantitative estimate of drug-likeness (QED) is 0.745. The number of nitrogens with two attached hydrogens (primary N) is 1. The van der Waals surface area contributed by atoms with Crippen molar-refractivity contribution in [1.82, 2.24) is 0 Å². The molecule has 84 valence electrons. The topological polar surface area (TPSA) is 29.0 Å². The van der Waals surface area contributed by atoms with Crippen molar-refractivity contribution in [3.8, 4) is 0 Å². The van der Waals surface area contributed by atoms with E-state index in [0.717, 1.165) is 11.1 Å². The molecule has 0 unspecified atom stereocenters. The van der Waals surface area contributed by atoms with Gasteiger partial charge in [-0.2, -0.15) is 0 Å². The Balaban J connectivity index is 2.15. The average Bonchev–Trinajstić information content (AvgIpc) is 2.68. The zero-order valence-corrected chi connectivity index (χ0v) is 9.23. The van der Waals surface area contributed by atoms with Crippen molar-refractivity contribution in [1.29, 1.82) is 0 Å². The van der Waals surface area contributed by atoms with Crippen molar-refractivity contribution >= 4 is 11.5 Å². The Kier molecular flexibility index (Phi) is 2.18. The molecule has 0 radical (unpaired) electrons. The summed E-state index contributed by atoms with van der Waals surface area (Å²) in [6.07, 6.45) is 0. The molecule has 2 aromatic rings. The number of amidine groups is 1. The van der Waals surface area contributed by atoms with Gasteiger partial charge in [-0.3, -0.25) is 5.73 Å². The van der Waals surface area contributed by atoms with E-state index in [0.29, 0.717) is 18.1 Å². The fraction of sp³-hybridized carbons (Fsp3) is 0.0714. The summed E-state index contributed by atoms with van der Waals surface area (Å²) >= 11 is 0. The predicted octanol–water partition coefficient (Wildman–Crippen LogP) is 2.39. The second kappa shape index (κ2) is 3.70. The second-order valence-corrected chi connectivity index (χ2v) is 4.08. The Morgan fingerprint density at radius 2 is 1.71 bits per heavy atom. The summed E-state index contributed by atoms with van der Waals surface area (Å²) in [7, 11) is 0. The molecule has 2 aromatic carbocycles. The molecule has 0 bridgehead atoms. The molecular weight excluding hydrogens is 215 g/mol. The summed E-state index contributed by atoms with van der Waals surface area (Å²) in [6.45, 7) is 0.628. The van der Waals surface area contributed by atoms with Crippen LogP contribution < -0.4 is 5.73 Å². The van der Waals surface area contributed by atoms with Gasteiger partial charge < -0.3 is 0 Å². The highest BCUT2D eigenvalue weighted by Crippen LogP contribution is 2.25. The maximum atomic E-state index is 13.7. The van der Waals surface area contributed by atoms with Crippen molar-refractivity contribution < 1.29 is 8.97 Å². The van der Waals surface area contributed by atoms with Crippen LogP contribution in [0.15, 0.2) is 48.5 Å². The molecule has 1 aliphatic heterocycles. The molecule has 3 heteroatoms. The lowest BCUT2D eigenvalue weighted by molar-refractivity contribution is -0.455. The molecule has 2 N–H and O–H groups in total. The third kappa shape index (κ3) is 1.51. The van der Waals surface area contributed by atoms with Gasteiger partial charge in [-0.25, -0.2) is 8.97 Å². The number of halogens is 1. The Hall–Kier alpha value is -2.16. The monoisotopic (exact) mass is 227 g/mol. The number of hydrogen-bond donors (Lipinski definition) is 1. The van der Waals surface area contributed by atoms with Crippen LogP contribution in [0.4, 0.5) is 10.1 Å². The molecule has 1 heterocycles. The highest BCUT2D eigenvalue weighted by Gasteiger charge is 2.26. The minimum atomic E-state index is -0.247. The first-order valence-electron chi connectivity index (χ1n) is 5.50. The molecular formula is C14H12FN2+. The highest BCUT2D eigenvalue weighted by molar-refractivity contribution is 5.97. The minimum absolute atomic E-state index is 0.247. The number of nitrogens with zero attached hydrogens (tertiary/aromatic N) is 1. The summed E-state index contributed by atoms with van der Waals surface area (Å²) in [5.41, 5.74) is 8.73. The van der Waals surface area contributed by atoms with Gasteiger partial charge in [0.25, 0.3) is 5.84 Å². The van der Waals surface area contributed by atoms with Crippen molar-refractivity contribution in [2.24, 2.45) is 5.73 Å². The third-order valence-electron chi connectivity index (χ3n) is 3.06. The molecule has 0 aliphatic carbocycles. The van der Waals surface area contributed by atoms with Gasteiger partial charge in [0.05, 0.1) is 5.56 Å². The Morgan fingerprint density at radius 3 is 2.47 bits per heavy atom. The summed E-state index contributed by atoms with van der Waals surface area (Å²) in [5.74, 6) is 0.369. The van der Waals surface area contributed by atoms with E-state index in [9.17, 15) is 4.39 Å². The molecule has 1 aliphatic rings. The van der Waals surface area contributed by atoms with Gasteiger partial charge in [0.1, 0.15) is 6.54 Å². The lowest BCUT2D eigenvalue weighted by Crippen LogP contribution is -2.20. The number of benzene rings is 2. The zero-order valence-electron chi connectivity index (χ0n) is 9.23. The van der Waals surface area contributed by atoms with E-state index in [-0.39, 0.29) is 5.82 Å². The molecule has 0 saturated carbocycles. The van der Waals surface area contributed by atoms with Gasteiger partial charge in [-0.05, 0) is 18.2 Å². The van der Waals surface area contributed by atoms with Crippen molar-refractivity contribution in [3.05, 3.63) is 65.5 Å². The third-order valence-corrected chi connectivity index (χ3v) is 3.06. The standard InChI is InChI=1S/C14H11FN2/c15-12-7-3-4-8-13(12)17-9-10-5-1-2-6-11(10)14(17)16/h1-8,16H,9H2/p+1. The Labute approximate surface area is 98.8 Å². The zero-order chi connectivity index (χ0) is 11.8. The van der Waals surface area contributed by atoms with Gasteiger partial charge in [-0.15, -0.1) is 0 Å². The number of para-hydroxylation sites is 1. The van der Waals surface area contributed by atoms with Crippen molar-refractivity contribution in [2.75, 3.05) is 0 Å². The van der Waals surface area contributed by atoms with Crippen molar-refractivity contribution in [2.45, 2.75) is 6.54 Å². The van der Waals surface area contributed by atoms with E-state index in [2.05, 4.69) is 0 Å². The van der Waals surface area contributed by atoms with Crippen LogP contribution in [0.25, 0.3) is 0 Å². The van der Waals surface area contributed by atoms with E-state index in [1.54, 1.807) is 16.7 Å². The maximum absolute atomic E-state index is 13.7. The molecule has 0 spiro atoms. The van der Waals surface area contributed by atoms with Gasteiger partial charge in [0.2, 0.25) is 0 Å². The fourth-order valence-corrected chi connectivity index (χ4v) is 2.19. The SMILES string of the molecule is NC1=[N+](c2ccccc2F)Cc2ccccc21. The molecule has 2 nitrogen and oxygen atoms in total. The minimum Gasteiger partial charge on any atom is -0.286 e. The van der Waals surface area contributed by atoms with E-state index in [1.165, 1.54) is 6.07 Å². The van der Waals surface area contributed by atoms with E-state index < -0.39 is 0 Å². The average molecular weight is 227 g/mol. The van der Waals surface area contributed by atoms with Crippen molar-refractivity contribution in [3.63, 3.8) is 0 Å². The molecule has 0 saturated heterocycles. The summed E-state index contributed by atoms with van der Waals surface area (Å²) < 4.78 is 15.5. The highest BCUT2D eigenvalue weighted by atomic mass is 19.1. The van der Waals surface area contributed by atoms with Crippen LogP contribution in [0.3, 0.4) is 0 Å². The first-order valence-corrected chi connectivity index (χ1v) is 5.50. The smallest absolute Gasteiger partial charge is 0.280 e. The maximum Gasteiger partial charge on any atom is 0.280 e. The molecule has 0 aromatic heterocycles. The number of rotatable bonds is 1. The molecule has 0 atom stereocenters. The van der Waals surface area contributed by atoms with Crippen LogP contribution in [0.2, 0.25) is 0 Å². The van der Waals surface area contributed by atoms with Crippen LogP contribution in [-0.2, 0) is 6.54 Å². The van der Waals surface area contributed by atoms with Crippen LogP contribution in [0.1, 0.15) is 11.1 Å². The normalized spacial score (nSPS) is 13.9. The van der Waals surface area contributed by atoms with Gasteiger partial charge in [0, 0.05) is 5.56 Å². The number of fused-ring (bicyclic) bond motifs is 1. The molecule has 0 fully saturated rings. The van der Waals surface area contributed by atoms with Crippen LogP contribution >= 0.6 is 0 Å². The van der Waals surface area contributed by atoms with Gasteiger partial charge >= 0.3 is 0 Å². The summed E-state index contributed by atoms with van der Waals surface area (Å²) in [4.78, 5) is 0. The molecule has 0 amide bonds. The Morgan fingerprint density at radius 1 is 1.00 bits per heavy atom. The fourth-order valence-electron chi connectivity index (χ4n) is 2.19. The van der Waals surface area contributed by atoms with Gasteiger partial charge in [0.15, 0.2) is 11.5 Å². The van der Waals surface area contributed by atoms with E-state index in [4.69, 9.17) is 5.73 Å². The summed E-state index contributed by atoms with van der Waals surface area (Å²) in [5, 5.41) is 0. The van der Waals surface area contributed by atoms with Crippen LogP contribution in [-0.4, -0.2) is 10.4 Å². The Bertz CT molecular complexity index is 617. The van der Waals surface area contributed by atoms with E-state index >= 15 is 0 Å². The second-order valence-electron chi connectivity index (χ2n) is 4.08. The van der Waals surface area contributed by atoms with Crippen LogP contribution in [0, 0.1) is 5.82 Å². The lowest BCUT2D eigenvalue weighted by atomic mass is 10.1.